The summed E-state index contributed by atoms with van der Waals surface area (Å²) in [6.07, 6.45) is 6.46. The molecule has 2 aromatic rings. The Morgan fingerprint density at radius 3 is 2.79 bits per heavy atom. The van der Waals surface area contributed by atoms with Crippen LogP contribution in [-0.4, -0.2) is 23.4 Å². The van der Waals surface area contributed by atoms with Gasteiger partial charge in [0.05, 0.1) is 6.20 Å². The average Bonchev–Trinajstić information content (AvgIpc) is 2.84. The van der Waals surface area contributed by atoms with Gasteiger partial charge in [0.15, 0.2) is 0 Å². The highest BCUT2D eigenvalue weighted by atomic mass is 15.2. The summed E-state index contributed by atoms with van der Waals surface area (Å²) < 4.78 is 1.86. The van der Waals surface area contributed by atoms with Crippen molar-refractivity contribution in [2.75, 3.05) is 18.5 Å². The van der Waals surface area contributed by atoms with Crippen molar-refractivity contribution in [1.82, 2.24) is 9.78 Å². The summed E-state index contributed by atoms with van der Waals surface area (Å²) >= 11 is 0. The molecule has 0 spiro atoms. The zero-order valence-corrected chi connectivity index (χ0v) is 11.9. The van der Waals surface area contributed by atoms with E-state index in [0.29, 0.717) is 0 Å². The quantitative estimate of drug-likeness (QED) is 0.822. The van der Waals surface area contributed by atoms with Crippen LogP contribution in [0.3, 0.4) is 0 Å². The SMILES string of the molecule is CC[C@H]1Cc2cc(-c3cnn(C)c3)ccc2N(C)C1. The van der Waals surface area contributed by atoms with Gasteiger partial charge >= 0.3 is 0 Å². The van der Waals surface area contributed by atoms with Gasteiger partial charge in [-0.1, -0.05) is 19.4 Å². The van der Waals surface area contributed by atoms with Gasteiger partial charge < -0.3 is 4.90 Å². The minimum atomic E-state index is 0.779. The van der Waals surface area contributed by atoms with Crippen LogP contribution in [0.2, 0.25) is 0 Å². The van der Waals surface area contributed by atoms with Crippen molar-refractivity contribution in [1.29, 1.82) is 0 Å². The third kappa shape index (κ3) is 2.25. The van der Waals surface area contributed by atoms with Gasteiger partial charge in [0, 0.05) is 38.1 Å². The summed E-state index contributed by atoms with van der Waals surface area (Å²) in [6.45, 7) is 3.46. The molecule has 2 heterocycles. The maximum atomic E-state index is 4.26. The standard InChI is InChI=1S/C16H21N3/c1-4-12-7-14-8-13(15-9-17-19(3)11-15)5-6-16(14)18(2)10-12/h5-6,8-9,11-12H,4,7,10H2,1-3H3/t12-/m0/s1. The number of hydrogen-bond acceptors (Lipinski definition) is 2. The fraction of sp³-hybridized carbons (Fsp3) is 0.438. The van der Waals surface area contributed by atoms with Crippen molar-refractivity contribution >= 4 is 5.69 Å². The number of anilines is 1. The molecule has 1 aliphatic rings. The summed E-state index contributed by atoms with van der Waals surface area (Å²) in [4.78, 5) is 2.39. The van der Waals surface area contributed by atoms with Crippen LogP contribution in [-0.2, 0) is 13.5 Å². The van der Waals surface area contributed by atoms with Crippen molar-refractivity contribution in [3.63, 3.8) is 0 Å². The lowest BCUT2D eigenvalue weighted by atomic mass is 9.89. The predicted octanol–water partition coefficient (Wildman–Crippen LogP) is 3.11. The van der Waals surface area contributed by atoms with Crippen LogP contribution in [0.4, 0.5) is 5.69 Å². The van der Waals surface area contributed by atoms with E-state index in [2.05, 4.69) is 48.4 Å². The molecular weight excluding hydrogens is 234 g/mol. The van der Waals surface area contributed by atoms with E-state index in [1.54, 1.807) is 0 Å². The van der Waals surface area contributed by atoms with Crippen molar-refractivity contribution in [2.24, 2.45) is 13.0 Å². The van der Waals surface area contributed by atoms with Crippen molar-refractivity contribution < 1.29 is 0 Å². The lowest BCUT2D eigenvalue weighted by Crippen LogP contribution is -2.31. The Morgan fingerprint density at radius 1 is 1.26 bits per heavy atom. The van der Waals surface area contributed by atoms with E-state index in [1.807, 2.05) is 17.9 Å². The number of rotatable bonds is 2. The van der Waals surface area contributed by atoms with Crippen LogP contribution in [0.25, 0.3) is 11.1 Å². The molecule has 3 nitrogen and oxygen atoms in total. The monoisotopic (exact) mass is 255 g/mol. The molecule has 1 atom stereocenters. The third-order valence-electron chi connectivity index (χ3n) is 4.15. The van der Waals surface area contributed by atoms with E-state index in [4.69, 9.17) is 0 Å². The van der Waals surface area contributed by atoms with E-state index >= 15 is 0 Å². The van der Waals surface area contributed by atoms with E-state index in [1.165, 1.54) is 41.8 Å². The molecule has 0 bridgehead atoms. The molecule has 0 radical (unpaired) electrons. The molecule has 0 unspecified atom stereocenters. The molecule has 100 valence electrons. The molecule has 0 saturated carbocycles. The molecule has 19 heavy (non-hydrogen) atoms. The number of benzene rings is 1. The van der Waals surface area contributed by atoms with Crippen LogP contribution in [0.5, 0.6) is 0 Å². The molecule has 0 aliphatic carbocycles. The van der Waals surface area contributed by atoms with Crippen molar-refractivity contribution in [3.05, 3.63) is 36.2 Å². The van der Waals surface area contributed by atoms with Crippen molar-refractivity contribution in [2.45, 2.75) is 19.8 Å². The first-order valence-electron chi connectivity index (χ1n) is 7.00. The first kappa shape index (κ1) is 12.3. The molecule has 0 amide bonds. The Labute approximate surface area is 114 Å². The van der Waals surface area contributed by atoms with Crippen LogP contribution in [0.1, 0.15) is 18.9 Å². The number of hydrogen-bond donors (Lipinski definition) is 0. The average molecular weight is 255 g/mol. The maximum absolute atomic E-state index is 4.26. The van der Waals surface area contributed by atoms with Gasteiger partial charge in [-0.05, 0) is 35.6 Å². The Kier molecular flexibility index (Phi) is 3.05. The second-order valence-electron chi connectivity index (χ2n) is 5.61. The van der Waals surface area contributed by atoms with E-state index in [9.17, 15) is 0 Å². The molecule has 1 aromatic heterocycles. The number of nitrogens with zero attached hydrogens (tertiary/aromatic N) is 3. The van der Waals surface area contributed by atoms with Gasteiger partial charge in [0.25, 0.3) is 0 Å². The van der Waals surface area contributed by atoms with Crippen molar-refractivity contribution in [3.8, 4) is 11.1 Å². The van der Waals surface area contributed by atoms with E-state index in [-0.39, 0.29) is 0 Å². The maximum Gasteiger partial charge on any atom is 0.0568 e. The smallest absolute Gasteiger partial charge is 0.0568 e. The molecule has 0 saturated heterocycles. The fourth-order valence-corrected chi connectivity index (χ4v) is 3.01. The minimum Gasteiger partial charge on any atom is -0.374 e. The topological polar surface area (TPSA) is 21.1 Å². The number of fused-ring (bicyclic) bond motifs is 1. The van der Waals surface area contributed by atoms with E-state index in [0.717, 1.165) is 5.92 Å². The normalized spacial score (nSPS) is 18.5. The minimum absolute atomic E-state index is 0.779. The summed E-state index contributed by atoms with van der Waals surface area (Å²) in [5, 5.41) is 4.26. The lowest BCUT2D eigenvalue weighted by molar-refractivity contribution is 0.489. The summed E-state index contributed by atoms with van der Waals surface area (Å²) in [7, 11) is 4.16. The largest absolute Gasteiger partial charge is 0.374 e. The Hall–Kier alpha value is -1.77. The molecule has 1 aliphatic heterocycles. The Bertz CT molecular complexity index is 585. The molecule has 3 heteroatoms. The Morgan fingerprint density at radius 2 is 2.11 bits per heavy atom. The lowest BCUT2D eigenvalue weighted by Gasteiger charge is -2.33. The van der Waals surface area contributed by atoms with Crippen LogP contribution < -0.4 is 4.90 Å². The van der Waals surface area contributed by atoms with Gasteiger partial charge in [-0.15, -0.1) is 0 Å². The third-order valence-corrected chi connectivity index (χ3v) is 4.15. The molecule has 0 fully saturated rings. The van der Waals surface area contributed by atoms with Gasteiger partial charge in [0.2, 0.25) is 0 Å². The van der Waals surface area contributed by atoms with Crippen LogP contribution in [0.15, 0.2) is 30.6 Å². The van der Waals surface area contributed by atoms with Crippen LogP contribution >= 0.6 is 0 Å². The van der Waals surface area contributed by atoms with Gasteiger partial charge in [-0.2, -0.15) is 5.10 Å². The number of aromatic nitrogens is 2. The summed E-state index contributed by atoms with van der Waals surface area (Å²) in [6, 6.07) is 6.80. The van der Waals surface area contributed by atoms with Gasteiger partial charge in [-0.25, -0.2) is 0 Å². The molecule has 0 N–H and O–H groups in total. The highest BCUT2D eigenvalue weighted by Gasteiger charge is 2.21. The first-order chi connectivity index (χ1) is 9.17. The second kappa shape index (κ2) is 4.72. The zero-order valence-electron chi connectivity index (χ0n) is 11.9. The fourth-order valence-electron chi connectivity index (χ4n) is 3.01. The number of aryl methyl sites for hydroxylation is 1. The summed E-state index contributed by atoms with van der Waals surface area (Å²) in [5.74, 6) is 0.779. The molecular formula is C16H21N3. The molecule has 3 rings (SSSR count). The van der Waals surface area contributed by atoms with Gasteiger partial charge in [0.1, 0.15) is 0 Å². The van der Waals surface area contributed by atoms with Gasteiger partial charge in [-0.3, -0.25) is 4.68 Å². The second-order valence-corrected chi connectivity index (χ2v) is 5.61. The highest BCUT2D eigenvalue weighted by Crippen LogP contribution is 2.33. The summed E-state index contributed by atoms with van der Waals surface area (Å²) in [5.41, 5.74) is 5.34. The van der Waals surface area contributed by atoms with E-state index < -0.39 is 0 Å². The first-order valence-corrected chi connectivity index (χ1v) is 7.00. The predicted molar refractivity (Wildman–Crippen MR) is 79.4 cm³/mol. The molecule has 1 aromatic carbocycles. The zero-order chi connectivity index (χ0) is 13.4. The highest BCUT2D eigenvalue weighted by molar-refractivity contribution is 5.68. The van der Waals surface area contributed by atoms with Crippen LogP contribution in [0, 0.1) is 5.92 Å². The Balaban J connectivity index is 1.99.